The van der Waals surface area contributed by atoms with E-state index in [0.717, 1.165) is 47.5 Å². The first-order valence-electron chi connectivity index (χ1n) is 7.23. The van der Waals surface area contributed by atoms with Gasteiger partial charge in [-0.3, -0.25) is 4.79 Å². The Hall–Kier alpha value is -1.11. The van der Waals surface area contributed by atoms with Crippen LogP contribution in [0.5, 0.6) is 0 Å². The largest absolute Gasteiger partial charge is 0.371 e. The van der Waals surface area contributed by atoms with Crippen LogP contribution in [-0.2, 0) is 4.79 Å². The minimum atomic E-state index is -0.561. The van der Waals surface area contributed by atoms with E-state index in [4.69, 9.17) is 5.73 Å². The number of carbonyl (C=O) groups excluding carboxylic acids is 1. The monoisotopic (exact) mass is 354 g/mol. The molecule has 21 heavy (non-hydrogen) atoms. The van der Waals surface area contributed by atoms with Gasteiger partial charge in [0.15, 0.2) is 0 Å². The van der Waals surface area contributed by atoms with Crippen molar-refractivity contribution in [3.63, 3.8) is 0 Å². The first kappa shape index (κ1) is 16.3. The van der Waals surface area contributed by atoms with E-state index in [1.54, 1.807) is 0 Å². The predicted molar refractivity (Wildman–Crippen MR) is 90.8 cm³/mol. The van der Waals surface area contributed by atoms with Crippen LogP contribution in [0.3, 0.4) is 0 Å². The van der Waals surface area contributed by atoms with E-state index in [9.17, 15) is 4.79 Å². The molecule has 0 fully saturated rings. The third-order valence-corrected chi connectivity index (χ3v) is 4.39. The van der Waals surface area contributed by atoms with E-state index in [0.29, 0.717) is 0 Å². The lowest BCUT2D eigenvalue weighted by Crippen LogP contribution is -2.27. The van der Waals surface area contributed by atoms with Crippen molar-refractivity contribution in [1.29, 1.82) is 0 Å². The fraction of sp³-hybridized carbons (Fsp3) is 0.533. The number of anilines is 2. The summed E-state index contributed by atoms with van der Waals surface area (Å²) in [7, 11) is 4.16. The fourth-order valence-corrected chi connectivity index (χ4v) is 3.18. The summed E-state index contributed by atoms with van der Waals surface area (Å²) >= 11 is 3.61. The van der Waals surface area contributed by atoms with Crippen molar-refractivity contribution in [3.05, 3.63) is 22.2 Å². The van der Waals surface area contributed by atoms with Gasteiger partial charge in [0.25, 0.3) is 0 Å². The molecular weight excluding hydrogens is 332 g/mol. The molecule has 0 radical (unpaired) electrons. The highest BCUT2D eigenvalue weighted by Crippen LogP contribution is 2.38. The Labute approximate surface area is 134 Å². The Morgan fingerprint density at radius 1 is 1.33 bits per heavy atom. The summed E-state index contributed by atoms with van der Waals surface area (Å²) in [5, 5.41) is 2.85. The molecule has 0 aliphatic carbocycles. The Morgan fingerprint density at radius 2 is 2.05 bits per heavy atom. The molecule has 0 spiro atoms. The molecule has 1 unspecified atom stereocenters. The highest BCUT2D eigenvalue weighted by atomic mass is 79.9. The van der Waals surface area contributed by atoms with E-state index >= 15 is 0 Å². The number of benzene rings is 1. The smallest absolute Gasteiger partial charge is 0.245 e. The average Bonchev–Trinajstić information content (AvgIpc) is 2.70. The maximum absolute atomic E-state index is 11.7. The fourth-order valence-electron chi connectivity index (χ4n) is 2.56. The zero-order valence-corrected chi connectivity index (χ0v) is 14.4. The van der Waals surface area contributed by atoms with E-state index in [-0.39, 0.29) is 5.91 Å². The molecule has 1 atom stereocenters. The number of nitrogens with zero attached hydrogens (tertiary/aromatic N) is 2. The Kier molecular flexibility index (Phi) is 5.24. The van der Waals surface area contributed by atoms with Crippen LogP contribution < -0.4 is 16.0 Å². The second-order valence-corrected chi connectivity index (χ2v) is 6.45. The number of amides is 1. The van der Waals surface area contributed by atoms with Crippen LogP contribution in [-0.4, -0.2) is 44.5 Å². The molecule has 0 saturated carbocycles. The molecular formula is C15H23BrN4O. The van der Waals surface area contributed by atoms with Crippen molar-refractivity contribution in [1.82, 2.24) is 4.90 Å². The molecule has 116 valence electrons. The Morgan fingerprint density at radius 3 is 2.67 bits per heavy atom. The number of hydrogen-bond donors (Lipinski definition) is 2. The van der Waals surface area contributed by atoms with Crippen LogP contribution in [0, 0.1) is 0 Å². The first-order valence-corrected chi connectivity index (χ1v) is 8.03. The van der Waals surface area contributed by atoms with Crippen molar-refractivity contribution in [2.24, 2.45) is 5.73 Å². The first-order chi connectivity index (χ1) is 9.93. The summed E-state index contributed by atoms with van der Waals surface area (Å²) < 4.78 is 0.986. The summed E-state index contributed by atoms with van der Waals surface area (Å²) in [6.07, 6.45) is 1.09. The van der Waals surface area contributed by atoms with Crippen molar-refractivity contribution in [2.75, 3.05) is 43.9 Å². The highest BCUT2D eigenvalue weighted by Gasteiger charge is 2.28. The van der Waals surface area contributed by atoms with Crippen LogP contribution in [0.1, 0.15) is 24.9 Å². The topological polar surface area (TPSA) is 61.6 Å². The standard InChI is InChI=1S/C15H23BrN4O/c1-4-20(7-5-6-19(2)3)13-9-12-10(8-11(13)16)14(17)15(21)18-12/h8-9,14H,4-7,17H2,1-3H3,(H,18,21). The van der Waals surface area contributed by atoms with Gasteiger partial charge in [0.05, 0.1) is 5.69 Å². The minimum absolute atomic E-state index is 0.135. The number of nitrogens with one attached hydrogen (secondary N) is 1. The zero-order valence-electron chi connectivity index (χ0n) is 12.8. The normalized spacial score (nSPS) is 17.0. The maximum Gasteiger partial charge on any atom is 0.245 e. The molecule has 1 aliphatic heterocycles. The quantitative estimate of drug-likeness (QED) is 0.821. The average molecular weight is 355 g/mol. The molecule has 1 aliphatic rings. The Balaban J connectivity index is 2.19. The lowest BCUT2D eigenvalue weighted by atomic mass is 10.1. The van der Waals surface area contributed by atoms with Gasteiger partial charge in [-0.15, -0.1) is 0 Å². The number of nitrogens with two attached hydrogens (primary N) is 1. The molecule has 6 heteroatoms. The number of fused-ring (bicyclic) bond motifs is 1. The summed E-state index contributed by atoms with van der Waals surface area (Å²) in [5.41, 5.74) is 8.67. The SMILES string of the molecule is CCN(CCCN(C)C)c1cc2c(cc1Br)C(N)C(=O)N2. The molecule has 5 nitrogen and oxygen atoms in total. The number of rotatable bonds is 6. The van der Waals surface area contributed by atoms with Gasteiger partial charge in [0.1, 0.15) is 6.04 Å². The van der Waals surface area contributed by atoms with E-state index in [1.165, 1.54) is 0 Å². The molecule has 1 aromatic rings. The molecule has 1 aromatic carbocycles. The number of halogens is 1. The minimum Gasteiger partial charge on any atom is -0.371 e. The number of carbonyl (C=O) groups is 1. The van der Waals surface area contributed by atoms with Gasteiger partial charge in [-0.05, 0) is 62.0 Å². The lowest BCUT2D eigenvalue weighted by Gasteiger charge is -2.26. The third kappa shape index (κ3) is 3.56. The lowest BCUT2D eigenvalue weighted by molar-refractivity contribution is -0.116. The van der Waals surface area contributed by atoms with E-state index in [2.05, 4.69) is 52.1 Å². The third-order valence-electron chi connectivity index (χ3n) is 3.75. The maximum atomic E-state index is 11.7. The van der Waals surface area contributed by atoms with E-state index < -0.39 is 6.04 Å². The molecule has 2 rings (SSSR count). The van der Waals surface area contributed by atoms with Crippen LogP contribution in [0.15, 0.2) is 16.6 Å². The van der Waals surface area contributed by atoms with Gasteiger partial charge in [-0.2, -0.15) is 0 Å². The van der Waals surface area contributed by atoms with E-state index in [1.807, 2.05) is 12.1 Å². The van der Waals surface area contributed by atoms with Gasteiger partial charge in [-0.25, -0.2) is 0 Å². The van der Waals surface area contributed by atoms with Crippen LogP contribution in [0.25, 0.3) is 0 Å². The van der Waals surface area contributed by atoms with Crippen LogP contribution in [0.4, 0.5) is 11.4 Å². The summed E-state index contributed by atoms with van der Waals surface area (Å²) in [6, 6.07) is 3.42. The van der Waals surface area contributed by atoms with Gasteiger partial charge in [-0.1, -0.05) is 0 Å². The van der Waals surface area contributed by atoms with Gasteiger partial charge in [0, 0.05) is 28.8 Å². The van der Waals surface area contributed by atoms with Crippen molar-refractivity contribution in [3.8, 4) is 0 Å². The second kappa shape index (κ2) is 6.77. The molecule has 3 N–H and O–H groups in total. The second-order valence-electron chi connectivity index (χ2n) is 5.59. The Bertz CT molecular complexity index is 533. The van der Waals surface area contributed by atoms with Gasteiger partial charge < -0.3 is 20.9 Å². The van der Waals surface area contributed by atoms with Crippen LogP contribution in [0.2, 0.25) is 0 Å². The molecule has 0 aromatic heterocycles. The number of hydrogen-bond acceptors (Lipinski definition) is 4. The summed E-state index contributed by atoms with van der Waals surface area (Å²) in [6.45, 7) is 5.09. The molecule has 1 amide bonds. The van der Waals surface area contributed by atoms with Crippen molar-refractivity contribution >= 4 is 33.2 Å². The predicted octanol–water partition coefficient (Wildman–Crippen LogP) is 2.18. The summed E-state index contributed by atoms with van der Waals surface area (Å²) in [4.78, 5) is 16.2. The summed E-state index contributed by atoms with van der Waals surface area (Å²) in [5.74, 6) is -0.135. The van der Waals surface area contributed by atoms with Crippen molar-refractivity contribution in [2.45, 2.75) is 19.4 Å². The van der Waals surface area contributed by atoms with Gasteiger partial charge in [0.2, 0.25) is 5.91 Å². The van der Waals surface area contributed by atoms with Gasteiger partial charge >= 0.3 is 0 Å². The molecule has 0 saturated heterocycles. The zero-order chi connectivity index (χ0) is 15.6. The van der Waals surface area contributed by atoms with Crippen molar-refractivity contribution < 1.29 is 4.79 Å². The molecule has 1 heterocycles. The van der Waals surface area contributed by atoms with Crippen LogP contribution >= 0.6 is 15.9 Å². The molecule has 0 bridgehead atoms. The highest BCUT2D eigenvalue weighted by molar-refractivity contribution is 9.10.